The maximum Gasteiger partial charge on any atom is 0.481 e. The highest BCUT2D eigenvalue weighted by Gasteiger charge is 2.68. The lowest BCUT2D eigenvalue weighted by atomic mass is 9.43. The van der Waals surface area contributed by atoms with Gasteiger partial charge < -0.3 is 24.8 Å². The summed E-state index contributed by atoms with van der Waals surface area (Å²) in [6.07, 6.45) is -1.63. The fourth-order valence-corrected chi connectivity index (χ4v) is 8.10. The molecule has 1 unspecified atom stereocenters. The zero-order valence-corrected chi connectivity index (χ0v) is 27.5. The van der Waals surface area contributed by atoms with Gasteiger partial charge in [0.1, 0.15) is 0 Å². The molecule has 2 aromatic carbocycles. The fraction of sp³-hybridized carbons (Fsp3) is 0.571. The smallest absolute Gasteiger partial charge is 0.404 e. The highest BCUT2D eigenvalue weighted by molar-refractivity contribution is 6.48. The van der Waals surface area contributed by atoms with Gasteiger partial charge in [-0.3, -0.25) is 9.59 Å². The first-order valence-electron chi connectivity index (χ1n) is 16.5. The van der Waals surface area contributed by atoms with Gasteiger partial charge in [-0.25, -0.2) is 0 Å². The predicted octanol–water partition coefficient (Wildman–Crippen LogP) is 5.99. The van der Waals surface area contributed by atoms with E-state index in [1.165, 1.54) is 12.1 Å². The minimum atomic E-state index is -4.57. The summed E-state index contributed by atoms with van der Waals surface area (Å²) in [7, 11) is -0.617. The highest BCUT2D eigenvalue weighted by atomic mass is 19.4. The molecule has 8 nitrogen and oxygen atoms in total. The summed E-state index contributed by atoms with van der Waals surface area (Å²) in [6.45, 7) is 10.8. The Morgan fingerprint density at radius 2 is 1.81 bits per heavy atom. The minimum Gasteiger partial charge on any atom is -0.404 e. The van der Waals surface area contributed by atoms with Gasteiger partial charge in [-0.2, -0.15) is 13.2 Å². The summed E-state index contributed by atoms with van der Waals surface area (Å²) in [5.74, 6) is -0.286. The van der Waals surface area contributed by atoms with E-state index in [4.69, 9.17) is 14.1 Å². The second kappa shape index (κ2) is 12.3. The van der Waals surface area contributed by atoms with E-state index >= 15 is 0 Å². The van der Waals surface area contributed by atoms with Crippen LogP contribution in [-0.2, 0) is 31.5 Å². The number of alkyl halides is 3. The molecule has 7 rings (SSSR count). The van der Waals surface area contributed by atoms with Gasteiger partial charge in [0.05, 0.1) is 35.5 Å². The van der Waals surface area contributed by atoms with E-state index < -0.39 is 41.9 Å². The molecule has 5 aliphatic rings. The van der Waals surface area contributed by atoms with Crippen LogP contribution < -0.4 is 10.6 Å². The quantitative estimate of drug-likeness (QED) is 0.307. The van der Waals surface area contributed by atoms with Gasteiger partial charge >= 0.3 is 13.3 Å². The number of oxime groups is 1. The molecule has 2 heterocycles. The molecule has 1 saturated heterocycles. The minimum absolute atomic E-state index is 0.0350. The van der Waals surface area contributed by atoms with E-state index in [1.807, 2.05) is 30.3 Å². The van der Waals surface area contributed by atoms with Crippen LogP contribution >= 0.6 is 0 Å². The molecule has 2 amide bonds. The molecule has 12 heteroatoms. The molecule has 0 aromatic heterocycles. The van der Waals surface area contributed by atoms with Crippen LogP contribution in [0.15, 0.2) is 59.8 Å². The normalized spacial score (nSPS) is 29.8. The molecule has 47 heavy (non-hydrogen) atoms. The third-order valence-corrected chi connectivity index (χ3v) is 10.8. The molecule has 2 aromatic rings. The van der Waals surface area contributed by atoms with Crippen LogP contribution in [0.25, 0.3) is 0 Å². The van der Waals surface area contributed by atoms with Crippen LogP contribution in [0.4, 0.5) is 13.2 Å². The summed E-state index contributed by atoms with van der Waals surface area (Å²) < 4.78 is 52.9. The average Bonchev–Trinajstić information content (AvgIpc) is 3.60. The Morgan fingerprint density at radius 1 is 1.06 bits per heavy atom. The number of halogens is 3. The molecule has 6 atom stereocenters. The zero-order chi connectivity index (χ0) is 33.8. The van der Waals surface area contributed by atoms with Crippen molar-refractivity contribution in [1.82, 2.24) is 10.6 Å². The molecule has 2 aliphatic heterocycles. The third-order valence-electron chi connectivity index (χ3n) is 10.8. The number of benzene rings is 2. The summed E-state index contributed by atoms with van der Waals surface area (Å²) in [6, 6.07) is 13.7. The van der Waals surface area contributed by atoms with Crippen molar-refractivity contribution in [2.45, 2.75) is 96.1 Å². The van der Waals surface area contributed by atoms with E-state index in [9.17, 15) is 22.8 Å². The molecule has 2 N–H and O–H groups in total. The number of nitrogens with one attached hydrogen (secondary N) is 2. The average molecular weight is 654 g/mol. The number of carbonyl (C=O) groups excluding carboxylic acids is 2. The monoisotopic (exact) mass is 653 g/mol. The number of amides is 2. The molecule has 252 valence electrons. The Hall–Kier alpha value is -3.38. The summed E-state index contributed by atoms with van der Waals surface area (Å²) in [5, 5.41) is 10.0. The number of nitrogens with zero attached hydrogens (tertiary/aromatic N) is 1. The topological polar surface area (TPSA) is 98.3 Å². The summed E-state index contributed by atoms with van der Waals surface area (Å²) in [5.41, 5.74) is -1.44. The first-order chi connectivity index (χ1) is 22.1. The van der Waals surface area contributed by atoms with Gasteiger partial charge in [0.2, 0.25) is 5.60 Å². The Morgan fingerprint density at radius 3 is 2.49 bits per heavy atom. The Kier molecular flexibility index (Phi) is 8.74. The van der Waals surface area contributed by atoms with Crippen LogP contribution in [0, 0.1) is 23.2 Å². The first-order valence-corrected chi connectivity index (χ1v) is 16.5. The third kappa shape index (κ3) is 6.43. The lowest BCUT2D eigenvalue weighted by Crippen LogP contribution is -2.65. The first kappa shape index (κ1) is 33.5. The van der Waals surface area contributed by atoms with E-state index in [2.05, 4.69) is 50.4 Å². The number of hydrogen-bond donors (Lipinski definition) is 2. The van der Waals surface area contributed by atoms with Crippen LogP contribution in [0.5, 0.6) is 0 Å². The van der Waals surface area contributed by atoms with Crippen molar-refractivity contribution in [3.05, 3.63) is 71.3 Å². The van der Waals surface area contributed by atoms with Crippen molar-refractivity contribution < 1.29 is 36.9 Å². The second-order valence-electron chi connectivity index (χ2n) is 14.9. The second-order valence-corrected chi connectivity index (χ2v) is 14.9. The van der Waals surface area contributed by atoms with Crippen LogP contribution in [-0.4, -0.2) is 54.4 Å². The van der Waals surface area contributed by atoms with Crippen molar-refractivity contribution >= 4 is 24.6 Å². The van der Waals surface area contributed by atoms with Crippen molar-refractivity contribution in [3.63, 3.8) is 0 Å². The molecular formula is C35H43BF3N3O5. The summed E-state index contributed by atoms with van der Waals surface area (Å²) in [4.78, 5) is 33.0. The van der Waals surface area contributed by atoms with Gasteiger partial charge in [0.25, 0.3) is 11.8 Å². The van der Waals surface area contributed by atoms with Crippen LogP contribution in [0.2, 0.25) is 0 Å². The molecule has 0 spiro atoms. The van der Waals surface area contributed by atoms with Gasteiger partial charge in [-0.05, 0) is 73.1 Å². The molecule has 3 saturated carbocycles. The van der Waals surface area contributed by atoms with Crippen molar-refractivity contribution in [2.24, 2.45) is 28.3 Å². The van der Waals surface area contributed by atoms with E-state index in [1.54, 1.807) is 0 Å². The van der Waals surface area contributed by atoms with Crippen molar-refractivity contribution in [1.29, 1.82) is 0 Å². The Bertz CT molecular complexity index is 1540. The van der Waals surface area contributed by atoms with Crippen molar-refractivity contribution in [3.8, 4) is 0 Å². The fourth-order valence-electron chi connectivity index (χ4n) is 8.10. The molecule has 0 radical (unpaired) electrons. The van der Waals surface area contributed by atoms with E-state index in [0.717, 1.165) is 30.5 Å². The standard InChI is InChI=1S/C35H43BF3N3O5/c1-21(2)14-29(36-45-28-17-25-16-27(32(25,3)4)33(28,5)46-36)41-31(44)34(18-22-10-7-6-8-11-22)19-26(42-47-34)20-40-30(43)23-12-9-13-24(15-23)35(37,38)39/h6-13,15,21,25,27-29H,14,16-20H2,1-5H3,(H,40,43)(H,41,44)/t25-,27-,28+,29-,33-,34?/m0/s1. The SMILES string of the molecule is CC(C)C[C@H](NC(=O)C1(Cc2ccccc2)CC(CNC(=O)c2cccc(C(F)(F)F)c2)=NO1)B1O[C@@H]2C[C@@H]3C[C@@H](C3(C)C)[C@]2(C)O1. The number of hydrogen-bond acceptors (Lipinski definition) is 6. The number of rotatable bonds is 10. The van der Waals surface area contributed by atoms with Gasteiger partial charge in [0, 0.05) is 18.4 Å². The number of carbonyl (C=O) groups is 2. The van der Waals surface area contributed by atoms with Crippen LogP contribution in [0.3, 0.4) is 0 Å². The predicted molar refractivity (Wildman–Crippen MR) is 171 cm³/mol. The summed E-state index contributed by atoms with van der Waals surface area (Å²) >= 11 is 0. The largest absolute Gasteiger partial charge is 0.481 e. The van der Waals surface area contributed by atoms with Gasteiger partial charge in [0.15, 0.2) is 0 Å². The van der Waals surface area contributed by atoms with Gasteiger partial charge in [-0.1, -0.05) is 69.2 Å². The van der Waals surface area contributed by atoms with Crippen molar-refractivity contribution in [2.75, 3.05) is 6.54 Å². The molecule has 4 fully saturated rings. The van der Waals surface area contributed by atoms with Gasteiger partial charge in [-0.15, -0.1) is 0 Å². The maximum atomic E-state index is 14.3. The molecule has 2 bridgehead atoms. The molecular weight excluding hydrogens is 610 g/mol. The molecule has 3 aliphatic carbocycles. The Balaban J connectivity index is 1.17. The Labute approximate surface area is 274 Å². The van der Waals surface area contributed by atoms with E-state index in [0.29, 0.717) is 24.0 Å². The highest BCUT2D eigenvalue weighted by Crippen LogP contribution is 2.65. The lowest BCUT2D eigenvalue weighted by Gasteiger charge is -2.64. The van der Waals surface area contributed by atoms with Crippen LogP contribution in [0.1, 0.15) is 81.8 Å². The maximum absolute atomic E-state index is 14.3. The lowest BCUT2D eigenvalue weighted by molar-refractivity contribution is -0.199. The zero-order valence-electron chi connectivity index (χ0n) is 27.5. The van der Waals surface area contributed by atoms with E-state index in [-0.39, 0.29) is 48.3 Å².